The first-order chi connectivity index (χ1) is 16.8. The Morgan fingerprint density at radius 1 is 1.06 bits per heavy atom. The number of nitriles is 1. The normalized spacial score (nSPS) is 22.4. The highest BCUT2D eigenvalue weighted by atomic mass is 35.5. The molecule has 0 saturated carbocycles. The van der Waals surface area contributed by atoms with Gasteiger partial charge in [0.2, 0.25) is 0 Å². The highest BCUT2D eigenvalue weighted by molar-refractivity contribution is 6.33. The van der Waals surface area contributed by atoms with Crippen LogP contribution >= 0.6 is 23.2 Å². The molecule has 0 spiro atoms. The van der Waals surface area contributed by atoms with E-state index in [1.54, 1.807) is 0 Å². The number of imidazole rings is 1. The Balaban J connectivity index is 1.70. The molecule has 1 saturated heterocycles. The minimum Gasteiger partial charge on any atom is -0.276 e. The van der Waals surface area contributed by atoms with Crippen LogP contribution in [-0.4, -0.2) is 32.6 Å². The zero-order valence-corrected chi connectivity index (χ0v) is 21.1. The summed E-state index contributed by atoms with van der Waals surface area (Å²) in [7, 11) is 0. The number of piperidine rings is 1. The lowest BCUT2D eigenvalue weighted by Crippen LogP contribution is -2.62. The molecular weight excluding hydrogens is 481 g/mol. The third kappa shape index (κ3) is 3.97. The first-order valence-corrected chi connectivity index (χ1v) is 12.4. The maximum atomic E-state index is 9.90. The SMILES string of the molecule is CC(C)C1(C#N)CC[N+](N)(c2ncnc3c2nc(-c2ccccc2Cl)n3-c2ccc(Cl)cc2)CC1. The summed E-state index contributed by atoms with van der Waals surface area (Å²) in [5, 5.41) is 11.1. The summed E-state index contributed by atoms with van der Waals surface area (Å²) in [6.45, 7) is 5.39. The maximum absolute atomic E-state index is 9.90. The van der Waals surface area contributed by atoms with Crippen molar-refractivity contribution in [2.24, 2.45) is 17.2 Å². The molecule has 1 aliphatic rings. The van der Waals surface area contributed by atoms with Crippen molar-refractivity contribution in [1.82, 2.24) is 24.1 Å². The molecule has 1 aliphatic heterocycles. The van der Waals surface area contributed by atoms with Gasteiger partial charge in [-0.3, -0.25) is 4.57 Å². The second-order valence-electron chi connectivity index (χ2n) is 9.50. The quantitative estimate of drug-likeness (QED) is 0.273. The van der Waals surface area contributed by atoms with Gasteiger partial charge in [0.1, 0.15) is 25.2 Å². The van der Waals surface area contributed by atoms with Crippen LogP contribution in [0.2, 0.25) is 10.0 Å². The van der Waals surface area contributed by atoms with Crippen molar-refractivity contribution < 1.29 is 0 Å². The zero-order valence-electron chi connectivity index (χ0n) is 19.6. The number of hydrogen-bond donors (Lipinski definition) is 1. The van der Waals surface area contributed by atoms with Crippen molar-refractivity contribution in [1.29, 1.82) is 5.26 Å². The highest BCUT2D eigenvalue weighted by Crippen LogP contribution is 2.42. The van der Waals surface area contributed by atoms with Gasteiger partial charge in [0, 0.05) is 29.1 Å². The van der Waals surface area contributed by atoms with E-state index in [2.05, 4.69) is 29.9 Å². The van der Waals surface area contributed by atoms with Gasteiger partial charge in [0.25, 0.3) is 5.82 Å². The van der Waals surface area contributed by atoms with Crippen molar-refractivity contribution in [3.8, 4) is 23.1 Å². The average molecular weight is 507 g/mol. The summed E-state index contributed by atoms with van der Waals surface area (Å²) in [6, 6.07) is 17.6. The van der Waals surface area contributed by atoms with Gasteiger partial charge in [-0.25, -0.2) is 9.97 Å². The van der Waals surface area contributed by atoms with Gasteiger partial charge in [-0.2, -0.15) is 20.7 Å². The van der Waals surface area contributed by atoms with Crippen LogP contribution in [0.15, 0.2) is 54.9 Å². The summed E-state index contributed by atoms with van der Waals surface area (Å²) in [4.78, 5) is 14.2. The number of halogens is 2. The number of benzene rings is 2. The van der Waals surface area contributed by atoms with E-state index in [0.717, 1.165) is 11.3 Å². The van der Waals surface area contributed by atoms with Gasteiger partial charge in [0.05, 0.1) is 16.5 Å². The zero-order chi connectivity index (χ0) is 24.8. The Labute approximate surface area is 214 Å². The van der Waals surface area contributed by atoms with Crippen LogP contribution < -0.4 is 10.4 Å². The van der Waals surface area contributed by atoms with Crippen LogP contribution in [0, 0.1) is 22.7 Å². The Morgan fingerprint density at radius 3 is 2.37 bits per heavy atom. The number of hydrogen-bond acceptors (Lipinski definition) is 5. The summed E-state index contributed by atoms with van der Waals surface area (Å²) in [5.41, 5.74) is 2.50. The van der Waals surface area contributed by atoms with Crippen LogP contribution in [-0.2, 0) is 0 Å². The molecule has 2 aromatic heterocycles. The summed E-state index contributed by atoms with van der Waals surface area (Å²) in [6.07, 6.45) is 2.92. The molecule has 1 fully saturated rings. The predicted octanol–water partition coefficient (Wildman–Crippen LogP) is 5.93. The Kier molecular flexibility index (Phi) is 6.02. The van der Waals surface area contributed by atoms with Crippen LogP contribution in [0.3, 0.4) is 0 Å². The highest BCUT2D eigenvalue weighted by Gasteiger charge is 2.46. The molecule has 2 N–H and O–H groups in total. The van der Waals surface area contributed by atoms with Gasteiger partial charge < -0.3 is 0 Å². The second kappa shape index (κ2) is 8.89. The van der Waals surface area contributed by atoms with Crippen LogP contribution in [0.4, 0.5) is 5.82 Å². The third-order valence-corrected chi connectivity index (χ3v) is 7.87. The lowest BCUT2D eigenvalue weighted by Gasteiger charge is -2.42. The Hall–Kier alpha value is -3.02. The van der Waals surface area contributed by atoms with Crippen molar-refractivity contribution in [2.45, 2.75) is 26.7 Å². The van der Waals surface area contributed by atoms with Crippen molar-refractivity contribution in [3.05, 3.63) is 64.9 Å². The molecule has 0 unspecified atom stereocenters. The minimum atomic E-state index is -0.376. The number of aromatic nitrogens is 4. The molecule has 0 atom stereocenters. The van der Waals surface area contributed by atoms with Crippen molar-refractivity contribution in [3.63, 3.8) is 0 Å². The summed E-state index contributed by atoms with van der Waals surface area (Å²) >= 11 is 12.8. The van der Waals surface area contributed by atoms with E-state index in [9.17, 15) is 5.26 Å². The number of rotatable bonds is 4. The number of fused-ring (bicyclic) bond motifs is 1. The fraction of sp³-hybridized carbons (Fsp3) is 0.308. The topological polar surface area (TPSA) is 93.4 Å². The monoisotopic (exact) mass is 506 g/mol. The van der Waals surface area contributed by atoms with Crippen LogP contribution in [0.5, 0.6) is 0 Å². The van der Waals surface area contributed by atoms with E-state index >= 15 is 0 Å². The average Bonchev–Trinajstić information content (AvgIpc) is 3.24. The van der Waals surface area contributed by atoms with Gasteiger partial charge in [0.15, 0.2) is 11.2 Å². The standard InChI is InChI=1S/C26H26Cl2N7/c1-17(2)26(15-29)11-13-35(30,14-12-26)25-22-24(31-16-32-25)34(19-9-7-18(27)8-10-19)23(33-22)20-5-3-4-6-21(20)28/h3-10,16-17H,11-14,30H2,1-2H3/q+1. The Morgan fingerprint density at radius 2 is 1.74 bits per heavy atom. The molecule has 0 aliphatic carbocycles. The largest absolute Gasteiger partial charge is 0.278 e. The fourth-order valence-electron chi connectivity index (χ4n) is 4.93. The molecule has 0 bridgehead atoms. The summed E-state index contributed by atoms with van der Waals surface area (Å²) in [5.74, 6) is 8.50. The van der Waals surface area contributed by atoms with Gasteiger partial charge in [-0.1, -0.05) is 49.2 Å². The molecule has 9 heteroatoms. The van der Waals surface area contributed by atoms with Gasteiger partial charge in [-0.05, 0) is 42.3 Å². The van der Waals surface area contributed by atoms with Crippen LogP contribution in [0.25, 0.3) is 28.2 Å². The molecule has 0 radical (unpaired) electrons. The number of nitrogens with two attached hydrogens (primary N) is 1. The van der Waals surface area contributed by atoms with E-state index in [4.69, 9.17) is 34.0 Å². The van der Waals surface area contributed by atoms with Crippen molar-refractivity contribution >= 4 is 40.2 Å². The maximum Gasteiger partial charge on any atom is 0.278 e. The van der Waals surface area contributed by atoms with Crippen LogP contribution in [0.1, 0.15) is 26.7 Å². The van der Waals surface area contributed by atoms with E-state index in [1.807, 2.05) is 53.1 Å². The third-order valence-electron chi connectivity index (χ3n) is 7.29. The molecular formula is C26H26Cl2N7+. The first kappa shape index (κ1) is 23.7. The van der Waals surface area contributed by atoms with Gasteiger partial charge in [-0.15, -0.1) is 0 Å². The molecule has 35 heavy (non-hydrogen) atoms. The smallest absolute Gasteiger partial charge is 0.276 e. The van der Waals surface area contributed by atoms with E-state index in [0.29, 0.717) is 58.8 Å². The predicted molar refractivity (Wildman–Crippen MR) is 140 cm³/mol. The molecule has 0 amide bonds. The van der Waals surface area contributed by atoms with E-state index in [-0.39, 0.29) is 15.9 Å². The number of quaternary nitrogens is 1. The number of nitrogens with zero attached hydrogens (tertiary/aromatic N) is 6. The molecule has 2 aromatic carbocycles. The van der Waals surface area contributed by atoms with E-state index < -0.39 is 0 Å². The molecule has 5 rings (SSSR count). The Bertz CT molecular complexity index is 1430. The second-order valence-corrected chi connectivity index (χ2v) is 10.3. The minimum absolute atomic E-state index is 0.106. The molecule has 3 heterocycles. The van der Waals surface area contributed by atoms with E-state index in [1.165, 1.54) is 6.33 Å². The summed E-state index contributed by atoms with van der Waals surface area (Å²) < 4.78 is 2.07. The molecule has 7 nitrogen and oxygen atoms in total. The van der Waals surface area contributed by atoms with Gasteiger partial charge >= 0.3 is 0 Å². The fourth-order valence-corrected chi connectivity index (χ4v) is 5.28. The first-order valence-electron chi connectivity index (χ1n) is 11.6. The lowest BCUT2D eigenvalue weighted by atomic mass is 9.71. The van der Waals surface area contributed by atoms with Crippen molar-refractivity contribution in [2.75, 3.05) is 13.1 Å². The molecule has 4 aromatic rings. The molecule has 178 valence electrons. The lowest BCUT2D eigenvalue weighted by molar-refractivity contribution is 0.110.